The second-order valence-electron chi connectivity index (χ2n) is 3.86. The van der Waals surface area contributed by atoms with Gasteiger partial charge in [0.1, 0.15) is 12.4 Å². The van der Waals surface area contributed by atoms with E-state index in [0.717, 1.165) is 0 Å². The maximum Gasteiger partial charge on any atom is 0.155 e. The monoisotopic (exact) mass is 245 g/mol. The minimum absolute atomic E-state index is 0.0126. The molecule has 0 spiro atoms. The van der Waals surface area contributed by atoms with Crippen LogP contribution < -0.4 is 5.32 Å². The SMILES string of the molecule is CCC(=O)C(C)NCCOCCOCC(C)=O. The van der Waals surface area contributed by atoms with Gasteiger partial charge in [0.05, 0.1) is 25.9 Å². The molecule has 0 aromatic heterocycles. The molecule has 0 rings (SSSR count). The van der Waals surface area contributed by atoms with Crippen LogP contribution in [0.4, 0.5) is 0 Å². The van der Waals surface area contributed by atoms with E-state index in [1.165, 1.54) is 6.92 Å². The summed E-state index contributed by atoms with van der Waals surface area (Å²) in [6.07, 6.45) is 0.550. The number of hydrogen-bond acceptors (Lipinski definition) is 5. The molecule has 5 heteroatoms. The van der Waals surface area contributed by atoms with Crippen LogP contribution in [-0.2, 0) is 19.1 Å². The predicted molar refractivity (Wildman–Crippen MR) is 65.1 cm³/mol. The molecule has 0 aromatic carbocycles. The van der Waals surface area contributed by atoms with E-state index in [2.05, 4.69) is 5.32 Å². The van der Waals surface area contributed by atoms with Crippen molar-refractivity contribution in [3.05, 3.63) is 0 Å². The largest absolute Gasteiger partial charge is 0.378 e. The van der Waals surface area contributed by atoms with Crippen molar-refractivity contribution in [1.82, 2.24) is 5.32 Å². The van der Waals surface area contributed by atoms with Crippen LogP contribution >= 0.6 is 0 Å². The Bertz CT molecular complexity index is 231. The maximum absolute atomic E-state index is 11.2. The van der Waals surface area contributed by atoms with Gasteiger partial charge in [-0.3, -0.25) is 9.59 Å². The number of carbonyl (C=O) groups excluding carboxylic acids is 2. The molecule has 5 nitrogen and oxygen atoms in total. The van der Waals surface area contributed by atoms with E-state index in [9.17, 15) is 9.59 Å². The zero-order valence-corrected chi connectivity index (χ0v) is 11.0. The molecular weight excluding hydrogens is 222 g/mol. The van der Waals surface area contributed by atoms with Crippen molar-refractivity contribution in [2.24, 2.45) is 0 Å². The number of ketones is 2. The van der Waals surface area contributed by atoms with Gasteiger partial charge >= 0.3 is 0 Å². The first kappa shape index (κ1) is 16.2. The highest BCUT2D eigenvalue weighted by Crippen LogP contribution is 1.89. The van der Waals surface area contributed by atoms with Crippen LogP contribution in [0.2, 0.25) is 0 Å². The second-order valence-corrected chi connectivity index (χ2v) is 3.86. The lowest BCUT2D eigenvalue weighted by Gasteiger charge is -2.11. The molecule has 1 atom stereocenters. The second kappa shape index (κ2) is 10.4. The number of carbonyl (C=O) groups is 2. The van der Waals surface area contributed by atoms with E-state index >= 15 is 0 Å². The molecule has 0 heterocycles. The molecule has 0 aliphatic rings. The quantitative estimate of drug-likeness (QED) is 0.539. The third kappa shape index (κ3) is 10.1. The van der Waals surface area contributed by atoms with Gasteiger partial charge in [-0.1, -0.05) is 6.92 Å². The van der Waals surface area contributed by atoms with E-state index in [-0.39, 0.29) is 24.2 Å². The molecule has 17 heavy (non-hydrogen) atoms. The van der Waals surface area contributed by atoms with Gasteiger partial charge in [0.15, 0.2) is 5.78 Å². The van der Waals surface area contributed by atoms with E-state index < -0.39 is 0 Å². The van der Waals surface area contributed by atoms with Gasteiger partial charge in [0, 0.05) is 13.0 Å². The number of ether oxygens (including phenoxy) is 2. The summed E-state index contributed by atoms with van der Waals surface area (Å²) in [5.74, 6) is 0.216. The summed E-state index contributed by atoms with van der Waals surface area (Å²) in [4.78, 5) is 21.8. The highest BCUT2D eigenvalue weighted by molar-refractivity contribution is 5.83. The normalized spacial score (nSPS) is 12.4. The highest BCUT2D eigenvalue weighted by Gasteiger charge is 2.08. The van der Waals surface area contributed by atoms with Gasteiger partial charge in [-0.2, -0.15) is 0 Å². The zero-order valence-electron chi connectivity index (χ0n) is 11.0. The summed E-state index contributed by atoms with van der Waals surface area (Å²) in [6.45, 7) is 7.38. The van der Waals surface area contributed by atoms with Crippen molar-refractivity contribution in [2.45, 2.75) is 33.2 Å². The summed E-state index contributed by atoms with van der Waals surface area (Å²) in [6, 6.07) is -0.113. The molecular formula is C12H23NO4. The Labute approximate surface area is 103 Å². The first-order valence-electron chi connectivity index (χ1n) is 5.99. The molecule has 0 bridgehead atoms. The van der Waals surface area contributed by atoms with Crippen LogP contribution in [0.1, 0.15) is 27.2 Å². The minimum atomic E-state index is -0.113. The summed E-state index contributed by atoms with van der Waals surface area (Å²) in [7, 11) is 0. The van der Waals surface area contributed by atoms with Gasteiger partial charge in [-0.15, -0.1) is 0 Å². The van der Waals surface area contributed by atoms with E-state index in [1.807, 2.05) is 13.8 Å². The Morgan fingerprint density at radius 2 is 1.82 bits per heavy atom. The molecule has 1 unspecified atom stereocenters. The van der Waals surface area contributed by atoms with Crippen molar-refractivity contribution in [1.29, 1.82) is 0 Å². The van der Waals surface area contributed by atoms with Crippen LogP contribution in [0, 0.1) is 0 Å². The Balaban J connectivity index is 3.23. The molecule has 0 radical (unpaired) electrons. The standard InChI is InChI=1S/C12H23NO4/c1-4-12(15)11(3)13-5-6-16-7-8-17-9-10(2)14/h11,13H,4-9H2,1-3H3. The van der Waals surface area contributed by atoms with Crippen molar-refractivity contribution < 1.29 is 19.1 Å². The molecule has 0 aliphatic heterocycles. The summed E-state index contributed by atoms with van der Waals surface area (Å²) >= 11 is 0. The Morgan fingerprint density at radius 3 is 2.41 bits per heavy atom. The molecule has 0 aliphatic carbocycles. The molecule has 0 fully saturated rings. The van der Waals surface area contributed by atoms with E-state index in [4.69, 9.17) is 9.47 Å². The van der Waals surface area contributed by atoms with Crippen molar-refractivity contribution in [2.75, 3.05) is 33.0 Å². The third-order valence-corrected chi connectivity index (χ3v) is 2.21. The molecule has 100 valence electrons. The third-order valence-electron chi connectivity index (χ3n) is 2.21. The lowest BCUT2D eigenvalue weighted by molar-refractivity contribution is -0.122. The first-order valence-corrected chi connectivity index (χ1v) is 5.99. The topological polar surface area (TPSA) is 64.6 Å². The van der Waals surface area contributed by atoms with Gasteiger partial charge in [-0.05, 0) is 13.8 Å². The maximum atomic E-state index is 11.2. The Kier molecular flexibility index (Phi) is 9.90. The lowest BCUT2D eigenvalue weighted by Crippen LogP contribution is -2.35. The summed E-state index contributed by atoms with van der Waals surface area (Å²) < 4.78 is 10.3. The molecule has 0 saturated heterocycles. The fraction of sp³-hybridized carbons (Fsp3) is 0.833. The van der Waals surface area contributed by atoms with Crippen molar-refractivity contribution in [3.8, 4) is 0 Å². The van der Waals surface area contributed by atoms with Crippen molar-refractivity contribution >= 4 is 11.6 Å². The van der Waals surface area contributed by atoms with E-state index in [0.29, 0.717) is 32.8 Å². The zero-order chi connectivity index (χ0) is 13.1. The smallest absolute Gasteiger partial charge is 0.155 e. The summed E-state index contributed by atoms with van der Waals surface area (Å²) in [5.41, 5.74) is 0. The van der Waals surface area contributed by atoms with Crippen LogP contribution in [-0.4, -0.2) is 50.6 Å². The van der Waals surface area contributed by atoms with Gasteiger partial charge in [0.2, 0.25) is 0 Å². The van der Waals surface area contributed by atoms with Crippen LogP contribution in [0.25, 0.3) is 0 Å². The number of hydrogen-bond donors (Lipinski definition) is 1. The highest BCUT2D eigenvalue weighted by atomic mass is 16.5. The van der Waals surface area contributed by atoms with Crippen LogP contribution in [0.5, 0.6) is 0 Å². The van der Waals surface area contributed by atoms with Gasteiger partial charge < -0.3 is 14.8 Å². The number of Topliss-reactive ketones (excluding diaryl/α,β-unsaturated/α-hetero) is 2. The number of nitrogens with one attached hydrogen (secondary N) is 1. The molecule has 0 amide bonds. The Morgan fingerprint density at radius 1 is 1.18 bits per heavy atom. The summed E-state index contributed by atoms with van der Waals surface area (Å²) in [5, 5.41) is 3.07. The fourth-order valence-corrected chi connectivity index (χ4v) is 1.20. The van der Waals surface area contributed by atoms with Crippen molar-refractivity contribution in [3.63, 3.8) is 0 Å². The Hall–Kier alpha value is -0.780. The lowest BCUT2D eigenvalue weighted by atomic mass is 10.2. The fourth-order valence-electron chi connectivity index (χ4n) is 1.20. The van der Waals surface area contributed by atoms with Crippen LogP contribution in [0.3, 0.4) is 0 Å². The van der Waals surface area contributed by atoms with Gasteiger partial charge in [-0.25, -0.2) is 0 Å². The van der Waals surface area contributed by atoms with E-state index in [1.54, 1.807) is 0 Å². The number of rotatable bonds is 11. The molecule has 1 N–H and O–H groups in total. The average Bonchev–Trinajstić information content (AvgIpc) is 2.30. The molecule has 0 saturated carbocycles. The first-order chi connectivity index (χ1) is 8.07. The minimum Gasteiger partial charge on any atom is -0.378 e. The predicted octanol–water partition coefficient (Wildman–Crippen LogP) is 0.566. The average molecular weight is 245 g/mol. The van der Waals surface area contributed by atoms with Crippen LogP contribution in [0.15, 0.2) is 0 Å². The van der Waals surface area contributed by atoms with Gasteiger partial charge in [0.25, 0.3) is 0 Å². The molecule has 0 aromatic rings.